The third kappa shape index (κ3) is 4.05. The van der Waals surface area contributed by atoms with Crippen molar-refractivity contribution >= 4 is 43.7 Å². The van der Waals surface area contributed by atoms with Gasteiger partial charge >= 0.3 is 0 Å². The van der Waals surface area contributed by atoms with Crippen LogP contribution in [0.4, 0.5) is 22.7 Å². The molecule has 0 spiro atoms. The van der Waals surface area contributed by atoms with Gasteiger partial charge in [0.05, 0.1) is 34.6 Å². The lowest BCUT2D eigenvalue weighted by atomic mass is 10.1. The largest absolute Gasteiger partial charge is 0.497 e. The van der Waals surface area contributed by atoms with Gasteiger partial charge in [-0.15, -0.1) is 0 Å². The molecule has 0 saturated heterocycles. The Hall–Kier alpha value is -3.98. The maximum Gasteiger partial charge on any atom is 0.261 e. The van der Waals surface area contributed by atoms with Crippen molar-refractivity contribution in [2.45, 2.75) is 11.8 Å². The molecule has 5 rings (SSSR count). The van der Waals surface area contributed by atoms with Crippen LogP contribution in [0.2, 0.25) is 0 Å². The van der Waals surface area contributed by atoms with Crippen molar-refractivity contribution in [1.29, 1.82) is 0 Å². The van der Waals surface area contributed by atoms with Crippen LogP contribution in [0.25, 0.3) is 10.9 Å². The number of fused-ring (bicyclic) bond motifs is 2. The fourth-order valence-electron chi connectivity index (χ4n) is 4.69. The molecule has 0 amide bonds. The molecule has 0 aliphatic carbocycles. The number of para-hydroxylation sites is 1. The van der Waals surface area contributed by atoms with Crippen molar-refractivity contribution in [3.8, 4) is 5.75 Å². The number of pyridine rings is 1. The van der Waals surface area contributed by atoms with E-state index in [1.54, 1.807) is 62.0 Å². The standard InChI is InChI=1S/C27H28N4O4S/c1-18-14-22-24(30(3)27(18)32)15-20(35-4)16-25(22)31-13-12-29(2)23-11-10-21(17-26(23)31)36(33,34)28-19-8-6-5-7-9-19/h5-11,14-17,28H,12-13H2,1-4H3. The molecule has 0 radical (unpaired) electrons. The molecule has 9 heteroatoms. The molecule has 0 bridgehead atoms. The maximum absolute atomic E-state index is 13.3. The Balaban J connectivity index is 1.69. The summed E-state index contributed by atoms with van der Waals surface area (Å²) in [5, 5.41) is 0.890. The van der Waals surface area contributed by atoms with Crippen molar-refractivity contribution in [3.05, 3.63) is 82.6 Å². The van der Waals surface area contributed by atoms with E-state index < -0.39 is 10.0 Å². The molecule has 1 aromatic heterocycles. The first-order chi connectivity index (χ1) is 17.2. The highest BCUT2D eigenvalue weighted by Gasteiger charge is 2.27. The number of methoxy groups -OCH3 is 1. The van der Waals surface area contributed by atoms with Crippen LogP contribution in [-0.4, -0.2) is 40.2 Å². The second kappa shape index (κ2) is 8.91. The molecule has 0 atom stereocenters. The summed E-state index contributed by atoms with van der Waals surface area (Å²) in [4.78, 5) is 17.0. The lowest BCUT2D eigenvalue weighted by molar-refractivity contribution is 0.415. The molecule has 1 aliphatic rings. The summed E-state index contributed by atoms with van der Waals surface area (Å²) in [5.74, 6) is 0.617. The number of aromatic nitrogens is 1. The number of anilines is 4. The number of nitrogens with one attached hydrogen (secondary N) is 1. The zero-order valence-corrected chi connectivity index (χ0v) is 21.5. The average Bonchev–Trinajstić information content (AvgIpc) is 2.87. The predicted octanol–water partition coefficient (Wildman–Crippen LogP) is 4.24. The molecule has 0 saturated carbocycles. The normalized spacial score (nSPS) is 13.6. The molecule has 186 valence electrons. The van der Waals surface area contributed by atoms with Gasteiger partial charge in [-0.05, 0) is 43.3 Å². The number of benzene rings is 3. The zero-order chi connectivity index (χ0) is 25.6. The van der Waals surface area contributed by atoms with Crippen LogP contribution in [0.5, 0.6) is 5.75 Å². The fraction of sp³-hybridized carbons (Fsp3) is 0.222. The Morgan fingerprint density at radius 3 is 2.36 bits per heavy atom. The summed E-state index contributed by atoms with van der Waals surface area (Å²) in [5.41, 5.74) is 4.34. The lowest BCUT2D eigenvalue weighted by Crippen LogP contribution is -2.37. The Morgan fingerprint density at radius 2 is 1.64 bits per heavy atom. The first-order valence-electron chi connectivity index (χ1n) is 11.6. The van der Waals surface area contributed by atoms with E-state index in [1.807, 2.05) is 37.4 Å². The zero-order valence-electron chi connectivity index (χ0n) is 20.6. The maximum atomic E-state index is 13.3. The number of aryl methyl sites for hydroxylation is 2. The number of nitrogens with zero attached hydrogens (tertiary/aromatic N) is 3. The summed E-state index contributed by atoms with van der Waals surface area (Å²) in [6, 6.07) is 19.7. The van der Waals surface area contributed by atoms with E-state index in [1.165, 1.54) is 0 Å². The first-order valence-corrected chi connectivity index (χ1v) is 13.1. The minimum Gasteiger partial charge on any atom is -0.497 e. The van der Waals surface area contributed by atoms with Gasteiger partial charge in [0.1, 0.15) is 5.75 Å². The summed E-state index contributed by atoms with van der Waals surface area (Å²) < 4.78 is 36.4. The van der Waals surface area contributed by atoms with E-state index in [0.717, 1.165) is 34.5 Å². The number of sulfonamides is 1. The predicted molar refractivity (Wildman–Crippen MR) is 144 cm³/mol. The van der Waals surface area contributed by atoms with Crippen LogP contribution in [-0.2, 0) is 17.1 Å². The molecule has 1 N–H and O–H groups in total. The van der Waals surface area contributed by atoms with Gasteiger partial charge in [0.25, 0.3) is 15.6 Å². The smallest absolute Gasteiger partial charge is 0.261 e. The SMILES string of the molecule is COc1cc(N2CCN(C)c3ccc(S(=O)(=O)Nc4ccccc4)cc32)c2cc(C)c(=O)n(C)c2c1. The van der Waals surface area contributed by atoms with E-state index in [-0.39, 0.29) is 10.5 Å². The first kappa shape index (κ1) is 23.7. The summed E-state index contributed by atoms with van der Waals surface area (Å²) in [6.45, 7) is 3.17. The van der Waals surface area contributed by atoms with Gasteiger partial charge in [0.15, 0.2) is 0 Å². The third-order valence-electron chi connectivity index (χ3n) is 6.64. The van der Waals surface area contributed by atoms with Gasteiger partial charge in [-0.2, -0.15) is 0 Å². The summed E-state index contributed by atoms with van der Waals surface area (Å²) in [7, 11) is 1.52. The van der Waals surface area contributed by atoms with Gasteiger partial charge in [-0.3, -0.25) is 9.52 Å². The van der Waals surface area contributed by atoms with Gasteiger partial charge in [0.2, 0.25) is 0 Å². The third-order valence-corrected chi connectivity index (χ3v) is 8.02. The lowest BCUT2D eigenvalue weighted by Gasteiger charge is -2.38. The second-order valence-corrected chi connectivity index (χ2v) is 10.6. The fourth-order valence-corrected chi connectivity index (χ4v) is 5.77. The summed E-state index contributed by atoms with van der Waals surface area (Å²) >= 11 is 0. The molecule has 0 unspecified atom stereocenters. The number of hydrogen-bond acceptors (Lipinski definition) is 6. The van der Waals surface area contributed by atoms with E-state index in [0.29, 0.717) is 23.5 Å². The topological polar surface area (TPSA) is 83.9 Å². The van der Waals surface area contributed by atoms with Gasteiger partial charge in [0, 0.05) is 56.0 Å². The molecule has 0 fully saturated rings. The van der Waals surface area contributed by atoms with Crippen molar-refractivity contribution in [3.63, 3.8) is 0 Å². The molecular formula is C27H28N4O4S. The Bertz CT molecular complexity index is 1630. The van der Waals surface area contributed by atoms with E-state index in [4.69, 9.17) is 4.74 Å². The number of rotatable bonds is 5. The van der Waals surface area contributed by atoms with E-state index in [9.17, 15) is 13.2 Å². The van der Waals surface area contributed by atoms with Crippen LogP contribution < -0.4 is 24.8 Å². The van der Waals surface area contributed by atoms with Crippen molar-refractivity contribution in [2.24, 2.45) is 7.05 Å². The Labute approximate surface area is 210 Å². The monoisotopic (exact) mass is 504 g/mol. The minimum atomic E-state index is -3.81. The molecule has 3 aromatic carbocycles. The highest BCUT2D eigenvalue weighted by Crippen LogP contribution is 2.42. The van der Waals surface area contributed by atoms with Gasteiger partial charge < -0.3 is 19.1 Å². The van der Waals surface area contributed by atoms with Gasteiger partial charge in [-0.1, -0.05) is 18.2 Å². The number of ether oxygens (including phenoxy) is 1. The average molecular weight is 505 g/mol. The van der Waals surface area contributed by atoms with Gasteiger partial charge in [-0.25, -0.2) is 8.42 Å². The molecular weight excluding hydrogens is 476 g/mol. The number of hydrogen-bond donors (Lipinski definition) is 1. The molecule has 8 nitrogen and oxygen atoms in total. The van der Waals surface area contributed by atoms with Crippen LogP contribution in [0.1, 0.15) is 5.56 Å². The van der Waals surface area contributed by atoms with Crippen LogP contribution in [0.3, 0.4) is 0 Å². The quantitative estimate of drug-likeness (QED) is 0.438. The highest BCUT2D eigenvalue weighted by atomic mass is 32.2. The van der Waals surface area contributed by atoms with Crippen molar-refractivity contribution < 1.29 is 13.2 Å². The van der Waals surface area contributed by atoms with Crippen LogP contribution in [0.15, 0.2) is 76.4 Å². The van der Waals surface area contributed by atoms with E-state index in [2.05, 4.69) is 14.5 Å². The Morgan fingerprint density at radius 1 is 0.889 bits per heavy atom. The summed E-state index contributed by atoms with van der Waals surface area (Å²) in [6.07, 6.45) is 0. The number of likely N-dealkylation sites (N-methyl/N-ethyl adjacent to an activating group) is 1. The molecule has 4 aromatic rings. The molecule has 1 aliphatic heterocycles. The van der Waals surface area contributed by atoms with Crippen molar-refractivity contribution in [2.75, 3.05) is 41.8 Å². The molecule has 36 heavy (non-hydrogen) atoms. The molecule has 2 heterocycles. The van der Waals surface area contributed by atoms with Crippen LogP contribution in [0, 0.1) is 6.92 Å². The second-order valence-electron chi connectivity index (χ2n) is 8.97. The Kier molecular flexibility index (Phi) is 5.88. The minimum absolute atomic E-state index is 0.0687. The highest BCUT2D eigenvalue weighted by molar-refractivity contribution is 7.92. The van der Waals surface area contributed by atoms with E-state index >= 15 is 0 Å². The van der Waals surface area contributed by atoms with Crippen LogP contribution >= 0.6 is 0 Å². The van der Waals surface area contributed by atoms with Crippen molar-refractivity contribution in [1.82, 2.24) is 4.57 Å².